The third kappa shape index (κ3) is 4.64. The number of aryl methyl sites for hydroxylation is 1. The normalized spacial score (nSPS) is 13.1. The fraction of sp³-hybridized carbons (Fsp3) is 0.562. The first-order chi connectivity index (χ1) is 10.7. The minimum atomic E-state index is -3.76. The Morgan fingerprint density at radius 1 is 1.29 bits per heavy atom. The maximum atomic E-state index is 13.6. The molecule has 0 heterocycles. The molecule has 1 aromatic carbocycles. The van der Waals surface area contributed by atoms with Crippen LogP contribution in [0, 0.1) is 12.7 Å². The summed E-state index contributed by atoms with van der Waals surface area (Å²) in [6.45, 7) is 11.7. The van der Waals surface area contributed by atoms with Crippen LogP contribution in [0.4, 0.5) is 4.39 Å². The van der Waals surface area contributed by atoms with Crippen molar-refractivity contribution in [2.24, 2.45) is 0 Å². The predicted molar refractivity (Wildman–Crippen MR) is 93.3 cm³/mol. The van der Waals surface area contributed by atoms with Crippen molar-refractivity contribution >= 4 is 24.1 Å². The largest absolute Gasteiger partial charge is 0.478 e. The van der Waals surface area contributed by atoms with Crippen LogP contribution < -0.4 is 0 Å². The Kier molecular flexibility index (Phi) is 6.01. The molecule has 24 heavy (non-hydrogen) atoms. The second-order valence-corrected chi connectivity index (χ2v) is 14.2. The number of carbonyl (C=O) groups is 1. The number of carboxylic acid groups (broad SMARTS) is 1. The number of hydrogen-bond acceptors (Lipinski definition) is 4. The molecular formula is C16H25FO5SSi. The maximum Gasteiger partial charge on any atom is 0.338 e. The topological polar surface area (TPSA) is 80.7 Å². The predicted octanol–water partition coefficient (Wildman–Crippen LogP) is 3.63. The third-order valence-electron chi connectivity index (χ3n) is 4.45. The molecule has 0 bridgehead atoms. The number of halogens is 1. The summed E-state index contributed by atoms with van der Waals surface area (Å²) >= 11 is 0. The Hall–Kier alpha value is -1.25. The van der Waals surface area contributed by atoms with Gasteiger partial charge in [0.15, 0.2) is 18.2 Å². The van der Waals surface area contributed by atoms with Gasteiger partial charge in [-0.05, 0) is 42.8 Å². The van der Waals surface area contributed by atoms with Crippen molar-refractivity contribution in [1.82, 2.24) is 0 Å². The van der Waals surface area contributed by atoms with Crippen molar-refractivity contribution in [1.29, 1.82) is 0 Å². The van der Waals surface area contributed by atoms with E-state index >= 15 is 0 Å². The highest BCUT2D eigenvalue weighted by Gasteiger charge is 2.37. The van der Waals surface area contributed by atoms with E-state index in [2.05, 4.69) is 20.8 Å². The van der Waals surface area contributed by atoms with Crippen molar-refractivity contribution in [2.45, 2.75) is 50.7 Å². The van der Waals surface area contributed by atoms with E-state index in [0.717, 1.165) is 12.1 Å². The lowest BCUT2D eigenvalue weighted by Crippen LogP contribution is -2.41. The van der Waals surface area contributed by atoms with Gasteiger partial charge in [0, 0.05) is 6.61 Å². The van der Waals surface area contributed by atoms with Crippen LogP contribution in [0.25, 0.3) is 0 Å². The number of benzene rings is 1. The molecule has 0 aliphatic rings. The summed E-state index contributed by atoms with van der Waals surface area (Å²) in [5, 5.41) is 8.92. The van der Waals surface area contributed by atoms with Crippen LogP contribution in [0.15, 0.2) is 17.0 Å². The SMILES string of the molecule is Cc1cc(F)c(C(=O)O)cc1S(=O)(=O)CCO[Si](C)(C)C(C)(C)C. The molecule has 0 aliphatic carbocycles. The number of rotatable bonds is 6. The van der Waals surface area contributed by atoms with Gasteiger partial charge in [-0.25, -0.2) is 17.6 Å². The van der Waals surface area contributed by atoms with Gasteiger partial charge in [0.25, 0.3) is 0 Å². The zero-order valence-corrected chi connectivity index (χ0v) is 16.8. The lowest BCUT2D eigenvalue weighted by atomic mass is 10.1. The summed E-state index contributed by atoms with van der Waals surface area (Å²) in [6, 6.07) is 1.82. The fourth-order valence-corrected chi connectivity index (χ4v) is 4.45. The highest BCUT2D eigenvalue weighted by molar-refractivity contribution is 7.91. The first-order valence-electron chi connectivity index (χ1n) is 7.59. The van der Waals surface area contributed by atoms with Crippen molar-refractivity contribution in [3.8, 4) is 0 Å². The fourth-order valence-electron chi connectivity index (χ4n) is 1.88. The summed E-state index contributed by atoms with van der Waals surface area (Å²) < 4.78 is 44.5. The zero-order valence-electron chi connectivity index (χ0n) is 14.9. The quantitative estimate of drug-likeness (QED) is 0.606. The number of hydrogen-bond donors (Lipinski definition) is 1. The molecule has 1 N–H and O–H groups in total. The molecule has 0 aliphatic heterocycles. The lowest BCUT2D eigenvalue weighted by Gasteiger charge is -2.36. The Morgan fingerprint density at radius 3 is 2.29 bits per heavy atom. The van der Waals surface area contributed by atoms with Crippen molar-refractivity contribution in [3.05, 3.63) is 29.1 Å². The second-order valence-electron chi connectivity index (χ2n) is 7.33. The van der Waals surface area contributed by atoms with Crippen LogP contribution in [0.1, 0.15) is 36.7 Å². The van der Waals surface area contributed by atoms with Crippen molar-refractivity contribution in [2.75, 3.05) is 12.4 Å². The number of carboxylic acids is 1. The summed E-state index contributed by atoms with van der Waals surface area (Å²) in [4.78, 5) is 10.8. The summed E-state index contributed by atoms with van der Waals surface area (Å²) in [7, 11) is -5.84. The van der Waals surface area contributed by atoms with Gasteiger partial charge in [-0.2, -0.15) is 0 Å². The standard InChI is InChI=1S/C16H25FO5SSi/c1-11-9-13(17)12(15(18)19)10-14(11)23(20,21)8-7-22-24(5,6)16(2,3)4/h9-10H,7-8H2,1-6H3,(H,18,19). The average Bonchev–Trinajstić information content (AvgIpc) is 2.35. The van der Waals surface area contributed by atoms with Crippen LogP contribution in [-0.4, -0.2) is 40.2 Å². The summed E-state index contributed by atoms with van der Waals surface area (Å²) in [6.07, 6.45) is 0. The van der Waals surface area contributed by atoms with Gasteiger partial charge in [-0.15, -0.1) is 0 Å². The molecule has 1 rings (SSSR count). The highest BCUT2D eigenvalue weighted by Crippen LogP contribution is 2.36. The van der Waals surface area contributed by atoms with E-state index in [1.54, 1.807) is 0 Å². The molecule has 1 aromatic rings. The molecule has 0 atom stereocenters. The zero-order chi connectivity index (χ0) is 18.9. The first-order valence-corrected chi connectivity index (χ1v) is 12.2. The summed E-state index contributed by atoms with van der Waals surface area (Å²) in [5.41, 5.74) is -0.464. The Bertz CT molecular complexity index is 736. The van der Waals surface area contributed by atoms with E-state index in [1.807, 2.05) is 13.1 Å². The molecule has 0 spiro atoms. The van der Waals surface area contributed by atoms with E-state index in [9.17, 15) is 17.6 Å². The summed E-state index contributed by atoms with van der Waals surface area (Å²) in [5.74, 6) is -2.72. The molecule has 0 amide bonds. The van der Waals surface area contributed by atoms with E-state index < -0.39 is 35.5 Å². The van der Waals surface area contributed by atoms with E-state index in [0.29, 0.717) is 0 Å². The van der Waals surface area contributed by atoms with Gasteiger partial charge in [-0.1, -0.05) is 20.8 Å². The second kappa shape index (κ2) is 6.93. The number of aromatic carboxylic acids is 1. The minimum Gasteiger partial charge on any atom is -0.478 e. The molecule has 0 aromatic heterocycles. The molecular weight excluding hydrogens is 351 g/mol. The highest BCUT2D eigenvalue weighted by atomic mass is 32.2. The molecule has 0 fully saturated rings. The molecule has 0 unspecified atom stereocenters. The maximum absolute atomic E-state index is 13.6. The van der Waals surface area contributed by atoms with Crippen molar-refractivity contribution in [3.63, 3.8) is 0 Å². The van der Waals surface area contributed by atoms with Crippen molar-refractivity contribution < 1.29 is 27.1 Å². The van der Waals surface area contributed by atoms with Gasteiger partial charge in [-0.3, -0.25) is 0 Å². The molecule has 5 nitrogen and oxygen atoms in total. The van der Waals surface area contributed by atoms with Gasteiger partial charge < -0.3 is 9.53 Å². The molecule has 0 saturated heterocycles. The molecule has 8 heteroatoms. The minimum absolute atomic E-state index is 0.0258. The molecule has 136 valence electrons. The third-order valence-corrected chi connectivity index (χ3v) is 10.8. The Morgan fingerprint density at radius 2 is 1.83 bits per heavy atom. The van der Waals surface area contributed by atoms with Gasteiger partial charge >= 0.3 is 5.97 Å². The van der Waals surface area contributed by atoms with E-state index in [-0.39, 0.29) is 27.9 Å². The van der Waals surface area contributed by atoms with Crippen LogP contribution in [0.3, 0.4) is 0 Å². The van der Waals surface area contributed by atoms with E-state index in [1.165, 1.54) is 6.92 Å². The van der Waals surface area contributed by atoms with Gasteiger partial charge in [0.05, 0.1) is 16.2 Å². The molecule has 0 saturated carbocycles. The smallest absolute Gasteiger partial charge is 0.338 e. The van der Waals surface area contributed by atoms with Crippen LogP contribution in [0.2, 0.25) is 18.1 Å². The average molecular weight is 377 g/mol. The van der Waals surface area contributed by atoms with Crippen LogP contribution in [0.5, 0.6) is 0 Å². The Balaban J connectivity index is 3.02. The van der Waals surface area contributed by atoms with Gasteiger partial charge in [0.1, 0.15) is 5.82 Å². The molecule has 0 radical (unpaired) electrons. The number of sulfone groups is 1. The lowest BCUT2D eigenvalue weighted by molar-refractivity contribution is 0.0691. The van der Waals surface area contributed by atoms with E-state index in [4.69, 9.17) is 9.53 Å². The Labute approximate surface area is 143 Å². The monoisotopic (exact) mass is 376 g/mol. The first kappa shape index (κ1) is 20.8. The van der Waals surface area contributed by atoms with Gasteiger partial charge in [0.2, 0.25) is 0 Å². The van der Waals surface area contributed by atoms with Crippen LogP contribution >= 0.6 is 0 Å². The van der Waals surface area contributed by atoms with Crippen LogP contribution in [-0.2, 0) is 14.3 Å².